The smallest absolute Gasteiger partial charge is 0.317 e. The van der Waals surface area contributed by atoms with E-state index in [9.17, 15) is 9.59 Å². The second kappa shape index (κ2) is 9.01. The highest BCUT2D eigenvalue weighted by atomic mass is 16.2. The van der Waals surface area contributed by atoms with Crippen molar-refractivity contribution in [3.63, 3.8) is 0 Å². The van der Waals surface area contributed by atoms with Crippen molar-refractivity contribution >= 4 is 11.9 Å². The van der Waals surface area contributed by atoms with Crippen molar-refractivity contribution in [3.05, 3.63) is 0 Å². The number of urea groups is 1. The minimum absolute atomic E-state index is 0.00750. The van der Waals surface area contributed by atoms with Crippen LogP contribution in [-0.4, -0.2) is 54.5 Å². The molecule has 0 aromatic heterocycles. The molecule has 22 heavy (non-hydrogen) atoms. The summed E-state index contributed by atoms with van der Waals surface area (Å²) in [5.74, 6) is 1.13. The Morgan fingerprint density at radius 3 is 2.27 bits per heavy atom. The van der Waals surface area contributed by atoms with Gasteiger partial charge in [-0.25, -0.2) is 4.79 Å². The second-order valence-corrected chi connectivity index (χ2v) is 6.60. The van der Waals surface area contributed by atoms with Crippen molar-refractivity contribution in [3.8, 4) is 0 Å². The maximum absolute atomic E-state index is 12.2. The molecule has 2 rings (SSSR count). The molecule has 0 bridgehead atoms. The normalized spacial score (nSPS) is 20.0. The molecule has 5 heteroatoms. The lowest BCUT2D eigenvalue weighted by Gasteiger charge is -2.34. The summed E-state index contributed by atoms with van der Waals surface area (Å²) in [6.07, 6.45) is 9.78. The quantitative estimate of drug-likeness (QED) is 0.849. The molecule has 1 saturated carbocycles. The Kier molecular flexibility index (Phi) is 7.00. The van der Waals surface area contributed by atoms with Crippen LogP contribution in [0.4, 0.5) is 4.79 Å². The van der Waals surface area contributed by atoms with Crippen LogP contribution in [0.15, 0.2) is 0 Å². The zero-order chi connectivity index (χ0) is 15.8. The van der Waals surface area contributed by atoms with Crippen molar-refractivity contribution in [1.82, 2.24) is 15.1 Å². The van der Waals surface area contributed by atoms with Crippen molar-refractivity contribution in [2.24, 2.45) is 5.92 Å². The zero-order valence-corrected chi connectivity index (χ0v) is 14.0. The second-order valence-electron chi connectivity index (χ2n) is 6.60. The van der Waals surface area contributed by atoms with Gasteiger partial charge in [-0.15, -0.1) is 0 Å². The summed E-state index contributed by atoms with van der Waals surface area (Å²) < 4.78 is 0. The highest BCUT2D eigenvalue weighted by Crippen LogP contribution is 2.27. The minimum atomic E-state index is -0.00750. The van der Waals surface area contributed by atoms with Crippen LogP contribution in [0.25, 0.3) is 0 Å². The van der Waals surface area contributed by atoms with Crippen LogP contribution in [0, 0.1) is 5.92 Å². The van der Waals surface area contributed by atoms with Gasteiger partial charge in [0.05, 0.1) is 0 Å². The van der Waals surface area contributed by atoms with E-state index < -0.39 is 0 Å². The van der Waals surface area contributed by atoms with Gasteiger partial charge in [0, 0.05) is 39.1 Å². The van der Waals surface area contributed by atoms with Crippen LogP contribution in [-0.2, 0) is 4.79 Å². The van der Waals surface area contributed by atoms with Gasteiger partial charge in [-0.3, -0.25) is 4.79 Å². The first-order chi connectivity index (χ1) is 10.7. The SMILES string of the molecule is CCNC(=O)N1CCN(C(=O)CCCC2CCCCC2)CC1. The van der Waals surface area contributed by atoms with Crippen molar-refractivity contribution < 1.29 is 9.59 Å². The summed E-state index contributed by atoms with van der Waals surface area (Å²) in [5, 5.41) is 2.81. The van der Waals surface area contributed by atoms with Gasteiger partial charge in [-0.05, 0) is 25.7 Å². The summed E-state index contributed by atoms with van der Waals surface area (Å²) in [7, 11) is 0. The fourth-order valence-corrected chi connectivity index (χ4v) is 3.60. The molecule has 1 N–H and O–H groups in total. The van der Waals surface area contributed by atoms with E-state index in [1.54, 1.807) is 4.90 Å². The van der Waals surface area contributed by atoms with E-state index in [4.69, 9.17) is 0 Å². The van der Waals surface area contributed by atoms with E-state index in [0.29, 0.717) is 39.1 Å². The number of rotatable bonds is 5. The molecule has 1 heterocycles. The van der Waals surface area contributed by atoms with Gasteiger partial charge < -0.3 is 15.1 Å². The largest absolute Gasteiger partial charge is 0.339 e. The molecule has 0 radical (unpaired) electrons. The molecule has 0 unspecified atom stereocenters. The Morgan fingerprint density at radius 2 is 1.64 bits per heavy atom. The van der Waals surface area contributed by atoms with Gasteiger partial charge in [-0.2, -0.15) is 0 Å². The molecular formula is C17H31N3O2. The Labute approximate surface area is 134 Å². The molecule has 1 aliphatic heterocycles. The van der Waals surface area contributed by atoms with Crippen LogP contribution in [0.3, 0.4) is 0 Å². The van der Waals surface area contributed by atoms with E-state index >= 15 is 0 Å². The van der Waals surface area contributed by atoms with Crippen LogP contribution >= 0.6 is 0 Å². The van der Waals surface area contributed by atoms with Crippen molar-refractivity contribution in [2.45, 2.75) is 58.3 Å². The molecule has 1 aliphatic carbocycles. The highest BCUT2D eigenvalue weighted by Gasteiger charge is 2.23. The lowest BCUT2D eigenvalue weighted by molar-refractivity contribution is -0.132. The maximum atomic E-state index is 12.2. The standard InChI is InChI=1S/C17H31N3O2/c1-2-18-17(22)20-13-11-19(12-14-20)16(21)10-6-9-15-7-4-3-5-8-15/h15H,2-14H2,1H3,(H,18,22). The number of carbonyl (C=O) groups is 2. The maximum Gasteiger partial charge on any atom is 0.317 e. The van der Waals surface area contributed by atoms with Gasteiger partial charge in [0.15, 0.2) is 0 Å². The first-order valence-corrected chi connectivity index (χ1v) is 9.01. The number of piperazine rings is 1. The molecule has 3 amide bonds. The van der Waals surface area contributed by atoms with Gasteiger partial charge >= 0.3 is 6.03 Å². The van der Waals surface area contributed by atoms with Crippen LogP contribution in [0.5, 0.6) is 0 Å². The van der Waals surface area contributed by atoms with Gasteiger partial charge in [0.1, 0.15) is 0 Å². The third-order valence-electron chi connectivity index (χ3n) is 4.98. The van der Waals surface area contributed by atoms with E-state index in [1.807, 2.05) is 11.8 Å². The monoisotopic (exact) mass is 309 g/mol. The highest BCUT2D eigenvalue weighted by molar-refractivity contribution is 5.77. The molecule has 2 aliphatic rings. The fourth-order valence-electron chi connectivity index (χ4n) is 3.60. The first kappa shape index (κ1) is 17.1. The number of nitrogens with zero attached hydrogens (tertiary/aromatic N) is 2. The number of amides is 3. The summed E-state index contributed by atoms with van der Waals surface area (Å²) in [6.45, 7) is 5.24. The molecular weight excluding hydrogens is 278 g/mol. The molecule has 5 nitrogen and oxygen atoms in total. The molecule has 2 fully saturated rings. The number of hydrogen-bond acceptors (Lipinski definition) is 2. The summed E-state index contributed by atoms with van der Waals surface area (Å²) in [6, 6.07) is -0.00750. The molecule has 126 valence electrons. The van der Waals surface area contributed by atoms with Crippen molar-refractivity contribution in [1.29, 1.82) is 0 Å². The fraction of sp³-hybridized carbons (Fsp3) is 0.882. The van der Waals surface area contributed by atoms with Gasteiger partial charge in [0.2, 0.25) is 5.91 Å². The summed E-state index contributed by atoms with van der Waals surface area (Å²) >= 11 is 0. The minimum Gasteiger partial charge on any atom is -0.339 e. The molecule has 0 aromatic carbocycles. The number of nitrogens with one attached hydrogen (secondary N) is 1. The Morgan fingerprint density at radius 1 is 1.00 bits per heavy atom. The third kappa shape index (κ3) is 5.18. The lowest BCUT2D eigenvalue weighted by Crippen LogP contribution is -2.53. The third-order valence-corrected chi connectivity index (χ3v) is 4.98. The van der Waals surface area contributed by atoms with Crippen molar-refractivity contribution in [2.75, 3.05) is 32.7 Å². The number of hydrogen-bond donors (Lipinski definition) is 1. The Hall–Kier alpha value is -1.26. The average Bonchev–Trinajstić information content (AvgIpc) is 2.56. The van der Waals surface area contributed by atoms with Gasteiger partial charge in [0.25, 0.3) is 0 Å². The Bertz CT molecular complexity index is 359. The van der Waals surface area contributed by atoms with Crippen LogP contribution in [0.1, 0.15) is 58.3 Å². The topological polar surface area (TPSA) is 52.7 Å². The van der Waals surface area contributed by atoms with Crippen LogP contribution < -0.4 is 5.32 Å². The Balaban J connectivity index is 1.61. The molecule has 0 spiro atoms. The van der Waals surface area contributed by atoms with Crippen LogP contribution in [0.2, 0.25) is 0 Å². The van der Waals surface area contributed by atoms with E-state index in [-0.39, 0.29) is 11.9 Å². The lowest BCUT2D eigenvalue weighted by atomic mass is 9.86. The average molecular weight is 309 g/mol. The molecule has 0 aromatic rings. The molecule has 1 saturated heterocycles. The number of carbonyl (C=O) groups excluding carboxylic acids is 2. The predicted octanol–water partition coefficient (Wildman–Crippen LogP) is 2.61. The summed E-state index contributed by atoms with van der Waals surface area (Å²) in [5.41, 5.74) is 0. The van der Waals surface area contributed by atoms with E-state index in [1.165, 1.54) is 38.5 Å². The summed E-state index contributed by atoms with van der Waals surface area (Å²) in [4.78, 5) is 27.7. The van der Waals surface area contributed by atoms with E-state index in [2.05, 4.69) is 5.32 Å². The van der Waals surface area contributed by atoms with Gasteiger partial charge in [-0.1, -0.05) is 32.1 Å². The first-order valence-electron chi connectivity index (χ1n) is 9.01. The zero-order valence-electron chi connectivity index (χ0n) is 14.0. The predicted molar refractivity (Wildman–Crippen MR) is 87.7 cm³/mol. The molecule has 0 atom stereocenters. The van der Waals surface area contributed by atoms with E-state index in [0.717, 1.165) is 12.3 Å².